The van der Waals surface area contributed by atoms with Crippen LogP contribution in [0.4, 0.5) is 0 Å². The fraction of sp³-hybridized carbons (Fsp3) is 0.200. The highest BCUT2D eigenvalue weighted by atomic mass is 16.7. The molecule has 1 heterocycles. The Bertz CT molecular complexity index is 693. The van der Waals surface area contributed by atoms with Gasteiger partial charge in [-0.25, -0.2) is 4.79 Å². The molecule has 1 unspecified atom stereocenters. The van der Waals surface area contributed by atoms with Crippen LogP contribution in [0.1, 0.15) is 18.9 Å². The molecule has 1 aliphatic rings. The third-order valence-electron chi connectivity index (χ3n) is 3.40. The molecule has 0 saturated carbocycles. The van der Waals surface area contributed by atoms with Gasteiger partial charge in [-0.15, -0.1) is 0 Å². The summed E-state index contributed by atoms with van der Waals surface area (Å²) in [7, 11) is 0. The number of carboxylic acids is 1. The normalized spacial score (nSPS) is 22.1. The van der Waals surface area contributed by atoms with E-state index in [0.717, 1.165) is 16.3 Å². The van der Waals surface area contributed by atoms with Crippen LogP contribution in [0.5, 0.6) is 0 Å². The number of hydrogen-bond donors (Lipinski definition) is 1. The van der Waals surface area contributed by atoms with Crippen molar-refractivity contribution in [2.45, 2.75) is 18.9 Å². The van der Waals surface area contributed by atoms with Crippen LogP contribution < -0.4 is 0 Å². The predicted molar refractivity (Wildman–Crippen MR) is 72.2 cm³/mol. The maximum absolute atomic E-state index is 11.1. The van der Waals surface area contributed by atoms with E-state index in [-0.39, 0.29) is 6.42 Å². The minimum Gasteiger partial charge on any atom is -0.478 e. The maximum Gasteiger partial charge on any atom is 0.351 e. The van der Waals surface area contributed by atoms with Gasteiger partial charge in [0.05, 0.1) is 5.71 Å². The molecule has 0 amide bonds. The van der Waals surface area contributed by atoms with E-state index in [1.807, 2.05) is 42.5 Å². The molecule has 1 N–H and O–H groups in total. The fourth-order valence-electron chi connectivity index (χ4n) is 2.18. The number of carboxylic acid groups (broad SMARTS) is 1. The van der Waals surface area contributed by atoms with Gasteiger partial charge in [0.2, 0.25) is 5.60 Å². The Balaban J connectivity index is 1.96. The molecule has 1 aliphatic heterocycles. The number of hydrogen-bond acceptors (Lipinski definition) is 3. The fourth-order valence-corrected chi connectivity index (χ4v) is 2.18. The number of nitrogens with zero attached hydrogens (tertiary/aromatic N) is 1. The summed E-state index contributed by atoms with van der Waals surface area (Å²) >= 11 is 0. The lowest BCUT2D eigenvalue weighted by atomic mass is 9.95. The molecule has 0 aromatic heterocycles. The molecule has 2 aromatic rings. The first kappa shape index (κ1) is 11.7. The molecule has 0 spiro atoms. The van der Waals surface area contributed by atoms with Crippen LogP contribution in [-0.2, 0) is 9.63 Å². The molecule has 2 aromatic carbocycles. The number of fused-ring (bicyclic) bond motifs is 1. The van der Waals surface area contributed by atoms with Crippen LogP contribution in [0.2, 0.25) is 0 Å². The van der Waals surface area contributed by atoms with Crippen LogP contribution in [0.15, 0.2) is 47.6 Å². The summed E-state index contributed by atoms with van der Waals surface area (Å²) in [5.74, 6) is -0.993. The Hall–Kier alpha value is -2.36. The van der Waals surface area contributed by atoms with Crippen molar-refractivity contribution in [3.63, 3.8) is 0 Å². The SMILES string of the molecule is CC1(C(=O)O)CC(c2ccc3ccccc3c2)=NO1. The number of aliphatic carboxylic acids is 1. The zero-order valence-corrected chi connectivity index (χ0v) is 10.5. The average Bonchev–Trinajstić information content (AvgIpc) is 2.82. The third-order valence-corrected chi connectivity index (χ3v) is 3.40. The number of rotatable bonds is 2. The van der Waals surface area contributed by atoms with E-state index >= 15 is 0 Å². The van der Waals surface area contributed by atoms with Gasteiger partial charge in [0.25, 0.3) is 0 Å². The van der Waals surface area contributed by atoms with Crippen molar-refractivity contribution >= 4 is 22.5 Å². The highest BCUT2D eigenvalue weighted by molar-refractivity contribution is 6.06. The Morgan fingerprint density at radius 3 is 2.68 bits per heavy atom. The van der Waals surface area contributed by atoms with Crippen LogP contribution in [0, 0.1) is 0 Å². The van der Waals surface area contributed by atoms with Gasteiger partial charge in [0, 0.05) is 12.0 Å². The number of carbonyl (C=O) groups is 1. The van der Waals surface area contributed by atoms with Crippen LogP contribution in [0.25, 0.3) is 10.8 Å². The maximum atomic E-state index is 11.1. The van der Waals surface area contributed by atoms with Crippen LogP contribution >= 0.6 is 0 Å². The summed E-state index contributed by atoms with van der Waals surface area (Å²) in [6, 6.07) is 14.0. The summed E-state index contributed by atoms with van der Waals surface area (Å²) in [6.45, 7) is 1.53. The van der Waals surface area contributed by atoms with Gasteiger partial charge in [-0.1, -0.05) is 41.6 Å². The molecule has 0 fully saturated rings. The lowest BCUT2D eigenvalue weighted by Crippen LogP contribution is -2.35. The molecular weight excluding hydrogens is 242 g/mol. The lowest BCUT2D eigenvalue weighted by molar-refractivity contribution is -0.160. The van der Waals surface area contributed by atoms with Crippen molar-refractivity contribution in [1.82, 2.24) is 0 Å². The van der Waals surface area contributed by atoms with E-state index in [1.165, 1.54) is 6.92 Å². The van der Waals surface area contributed by atoms with Gasteiger partial charge in [0.1, 0.15) is 0 Å². The second-order valence-corrected chi connectivity index (χ2v) is 4.90. The van der Waals surface area contributed by atoms with E-state index in [9.17, 15) is 4.79 Å². The third kappa shape index (κ3) is 1.95. The van der Waals surface area contributed by atoms with Gasteiger partial charge in [-0.05, 0) is 23.8 Å². The molecule has 0 bridgehead atoms. The summed E-state index contributed by atoms with van der Waals surface area (Å²) in [5.41, 5.74) is 0.334. The number of oxime groups is 1. The highest BCUT2D eigenvalue weighted by Crippen LogP contribution is 2.28. The van der Waals surface area contributed by atoms with Crippen molar-refractivity contribution in [1.29, 1.82) is 0 Å². The molecular formula is C15H13NO3. The summed E-state index contributed by atoms with van der Waals surface area (Å²) in [6.07, 6.45) is 0.278. The first-order chi connectivity index (χ1) is 9.08. The van der Waals surface area contributed by atoms with E-state index < -0.39 is 11.6 Å². The molecule has 0 radical (unpaired) electrons. The van der Waals surface area contributed by atoms with Crippen LogP contribution in [-0.4, -0.2) is 22.4 Å². The Morgan fingerprint density at radius 2 is 2.00 bits per heavy atom. The van der Waals surface area contributed by atoms with Gasteiger partial charge >= 0.3 is 5.97 Å². The second kappa shape index (κ2) is 4.09. The molecule has 96 valence electrons. The molecule has 4 nitrogen and oxygen atoms in total. The van der Waals surface area contributed by atoms with Gasteiger partial charge in [-0.2, -0.15) is 0 Å². The zero-order valence-electron chi connectivity index (χ0n) is 10.5. The van der Waals surface area contributed by atoms with Crippen molar-refractivity contribution in [2.75, 3.05) is 0 Å². The van der Waals surface area contributed by atoms with E-state index in [2.05, 4.69) is 5.16 Å². The average molecular weight is 255 g/mol. The second-order valence-electron chi connectivity index (χ2n) is 4.90. The molecule has 1 atom stereocenters. The van der Waals surface area contributed by atoms with Crippen molar-refractivity contribution in [3.05, 3.63) is 48.0 Å². The van der Waals surface area contributed by atoms with E-state index in [0.29, 0.717) is 5.71 Å². The monoisotopic (exact) mass is 255 g/mol. The highest BCUT2D eigenvalue weighted by Gasteiger charge is 2.42. The number of benzene rings is 2. The molecule has 4 heteroatoms. The Morgan fingerprint density at radius 1 is 1.26 bits per heavy atom. The molecule has 3 rings (SSSR count). The topological polar surface area (TPSA) is 58.9 Å². The summed E-state index contributed by atoms with van der Waals surface area (Å²) in [5, 5.41) is 15.3. The minimum absolute atomic E-state index is 0.278. The zero-order chi connectivity index (χ0) is 13.5. The molecule has 0 saturated heterocycles. The summed E-state index contributed by atoms with van der Waals surface area (Å²) in [4.78, 5) is 16.2. The predicted octanol–water partition coefficient (Wildman–Crippen LogP) is 2.81. The molecule has 0 aliphatic carbocycles. The minimum atomic E-state index is -1.25. The Kier molecular flexibility index (Phi) is 2.52. The van der Waals surface area contributed by atoms with Gasteiger partial charge in [-0.3, -0.25) is 0 Å². The smallest absolute Gasteiger partial charge is 0.351 e. The first-order valence-electron chi connectivity index (χ1n) is 6.06. The molecule has 19 heavy (non-hydrogen) atoms. The quantitative estimate of drug-likeness (QED) is 0.897. The lowest BCUT2D eigenvalue weighted by Gasteiger charge is -2.14. The largest absolute Gasteiger partial charge is 0.478 e. The first-order valence-corrected chi connectivity index (χ1v) is 6.06. The standard InChI is InChI=1S/C15H13NO3/c1-15(14(17)18)9-13(16-19-15)12-7-6-10-4-2-3-5-11(10)8-12/h2-8H,9H2,1H3,(H,17,18). The van der Waals surface area contributed by atoms with Crippen LogP contribution in [0.3, 0.4) is 0 Å². The summed E-state index contributed by atoms with van der Waals surface area (Å²) < 4.78 is 0. The van der Waals surface area contributed by atoms with Gasteiger partial charge < -0.3 is 9.94 Å². The van der Waals surface area contributed by atoms with Crippen molar-refractivity contribution < 1.29 is 14.7 Å². The van der Waals surface area contributed by atoms with Crippen molar-refractivity contribution in [2.24, 2.45) is 5.16 Å². The van der Waals surface area contributed by atoms with E-state index in [1.54, 1.807) is 0 Å². The Labute approximate surface area is 110 Å². The van der Waals surface area contributed by atoms with Gasteiger partial charge in [0.15, 0.2) is 0 Å². The van der Waals surface area contributed by atoms with Crippen molar-refractivity contribution in [3.8, 4) is 0 Å². The van der Waals surface area contributed by atoms with E-state index in [4.69, 9.17) is 9.94 Å².